The Morgan fingerprint density at radius 2 is 1.79 bits per heavy atom. The summed E-state index contributed by atoms with van der Waals surface area (Å²) < 4.78 is 0. The van der Waals surface area contributed by atoms with Crippen LogP contribution in [0.15, 0.2) is 24.3 Å². The SMILES string of the molecule is CC(C)C(C)N(C)C(=O)Nc1ccccc1C(=O)O. The van der Waals surface area contributed by atoms with Gasteiger partial charge in [-0.05, 0) is 25.0 Å². The van der Waals surface area contributed by atoms with Crippen molar-refractivity contribution >= 4 is 17.7 Å². The fraction of sp³-hybridized carbons (Fsp3) is 0.429. The molecule has 104 valence electrons. The fourth-order valence-corrected chi connectivity index (χ4v) is 1.61. The molecular weight excluding hydrogens is 244 g/mol. The van der Waals surface area contributed by atoms with E-state index in [2.05, 4.69) is 5.32 Å². The van der Waals surface area contributed by atoms with Gasteiger partial charge in [0.1, 0.15) is 0 Å². The number of amides is 2. The lowest BCUT2D eigenvalue weighted by Gasteiger charge is -2.28. The third kappa shape index (κ3) is 3.71. The molecular formula is C14H20N2O3. The first-order valence-electron chi connectivity index (χ1n) is 6.20. The van der Waals surface area contributed by atoms with E-state index in [0.29, 0.717) is 11.6 Å². The third-order valence-corrected chi connectivity index (χ3v) is 3.30. The first kappa shape index (κ1) is 15.0. The smallest absolute Gasteiger partial charge is 0.337 e. The minimum absolute atomic E-state index is 0.0667. The van der Waals surface area contributed by atoms with Gasteiger partial charge in [0.25, 0.3) is 0 Å². The number of nitrogens with zero attached hydrogens (tertiary/aromatic N) is 1. The molecule has 1 aromatic rings. The van der Waals surface area contributed by atoms with Gasteiger partial charge in [-0.1, -0.05) is 26.0 Å². The lowest BCUT2D eigenvalue weighted by Crippen LogP contribution is -2.41. The van der Waals surface area contributed by atoms with E-state index in [9.17, 15) is 9.59 Å². The number of urea groups is 1. The maximum Gasteiger partial charge on any atom is 0.337 e. The quantitative estimate of drug-likeness (QED) is 0.878. The van der Waals surface area contributed by atoms with E-state index in [1.807, 2.05) is 20.8 Å². The van der Waals surface area contributed by atoms with Crippen LogP contribution in [0.25, 0.3) is 0 Å². The Kier molecular flexibility index (Phi) is 4.92. The van der Waals surface area contributed by atoms with Crippen LogP contribution >= 0.6 is 0 Å². The Labute approximate surface area is 113 Å². The molecule has 0 fully saturated rings. The molecule has 2 N–H and O–H groups in total. The van der Waals surface area contributed by atoms with Crippen molar-refractivity contribution in [3.63, 3.8) is 0 Å². The fourth-order valence-electron chi connectivity index (χ4n) is 1.61. The largest absolute Gasteiger partial charge is 0.478 e. The summed E-state index contributed by atoms with van der Waals surface area (Å²) in [6.45, 7) is 6.01. The number of carbonyl (C=O) groups excluding carboxylic acids is 1. The van der Waals surface area contributed by atoms with Crippen LogP contribution in [0.4, 0.5) is 10.5 Å². The van der Waals surface area contributed by atoms with E-state index < -0.39 is 5.97 Å². The molecule has 1 unspecified atom stereocenters. The van der Waals surface area contributed by atoms with E-state index in [1.54, 1.807) is 30.1 Å². The van der Waals surface area contributed by atoms with Crippen LogP contribution in [0.5, 0.6) is 0 Å². The molecule has 5 nitrogen and oxygen atoms in total. The van der Waals surface area contributed by atoms with Gasteiger partial charge in [-0.15, -0.1) is 0 Å². The van der Waals surface area contributed by atoms with Gasteiger partial charge in [0.15, 0.2) is 0 Å². The summed E-state index contributed by atoms with van der Waals surface area (Å²) in [5.41, 5.74) is 0.393. The van der Waals surface area contributed by atoms with E-state index in [-0.39, 0.29) is 17.6 Å². The Morgan fingerprint density at radius 3 is 2.32 bits per heavy atom. The van der Waals surface area contributed by atoms with E-state index in [1.165, 1.54) is 6.07 Å². The molecule has 1 atom stereocenters. The predicted octanol–water partition coefficient (Wildman–Crippen LogP) is 2.89. The monoisotopic (exact) mass is 264 g/mol. The first-order valence-corrected chi connectivity index (χ1v) is 6.20. The number of aromatic carboxylic acids is 1. The van der Waals surface area contributed by atoms with Gasteiger partial charge in [-0.25, -0.2) is 9.59 Å². The average molecular weight is 264 g/mol. The number of hydrogen-bond donors (Lipinski definition) is 2. The highest BCUT2D eigenvalue weighted by molar-refractivity contribution is 5.99. The van der Waals surface area contributed by atoms with Gasteiger partial charge >= 0.3 is 12.0 Å². The molecule has 2 amide bonds. The topological polar surface area (TPSA) is 69.6 Å². The molecule has 0 aromatic heterocycles. The Morgan fingerprint density at radius 1 is 1.21 bits per heavy atom. The second-order valence-corrected chi connectivity index (χ2v) is 4.88. The molecule has 0 bridgehead atoms. The molecule has 5 heteroatoms. The van der Waals surface area contributed by atoms with Crippen LogP contribution in [0.2, 0.25) is 0 Å². The lowest BCUT2D eigenvalue weighted by atomic mass is 10.1. The normalized spacial score (nSPS) is 12.1. The van der Waals surface area contributed by atoms with Crippen molar-refractivity contribution in [2.45, 2.75) is 26.8 Å². The van der Waals surface area contributed by atoms with Gasteiger partial charge in [0.2, 0.25) is 0 Å². The van der Waals surface area contributed by atoms with Crippen molar-refractivity contribution in [3.05, 3.63) is 29.8 Å². The van der Waals surface area contributed by atoms with Crippen molar-refractivity contribution in [1.82, 2.24) is 4.90 Å². The number of nitrogens with one attached hydrogen (secondary N) is 1. The summed E-state index contributed by atoms with van der Waals surface area (Å²) in [6, 6.07) is 6.11. The molecule has 0 aliphatic heterocycles. The highest BCUT2D eigenvalue weighted by Gasteiger charge is 2.20. The Balaban J connectivity index is 2.86. The van der Waals surface area contributed by atoms with Crippen molar-refractivity contribution in [2.24, 2.45) is 5.92 Å². The number of carboxylic acid groups (broad SMARTS) is 1. The number of carboxylic acids is 1. The van der Waals surface area contributed by atoms with Gasteiger partial charge in [-0.3, -0.25) is 0 Å². The average Bonchev–Trinajstić information content (AvgIpc) is 2.37. The minimum atomic E-state index is -1.06. The van der Waals surface area contributed by atoms with E-state index >= 15 is 0 Å². The number of hydrogen-bond acceptors (Lipinski definition) is 2. The highest BCUT2D eigenvalue weighted by atomic mass is 16.4. The van der Waals surface area contributed by atoms with Gasteiger partial charge < -0.3 is 15.3 Å². The summed E-state index contributed by atoms with van der Waals surface area (Å²) in [5.74, 6) is -0.735. The zero-order valence-corrected chi connectivity index (χ0v) is 11.7. The molecule has 0 saturated heterocycles. The molecule has 1 aromatic carbocycles. The number of anilines is 1. The Hall–Kier alpha value is -2.04. The van der Waals surface area contributed by atoms with Crippen molar-refractivity contribution in [1.29, 1.82) is 0 Å². The summed E-state index contributed by atoms with van der Waals surface area (Å²) in [6.07, 6.45) is 0. The molecule has 0 heterocycles. The van der Waals surface area contributed by atoms with Crippen LogP contribution < -0.4 is 5.32 Å². The first-order chi connectivity index (χ1) is 8.84. The van der Waals surface area contributed by atoms with E-state index in [4.69, 9.17) is 5.11 Å². The Bertz CT molecular complexity index is 472. The zero-order chi connectivity index (χ0) is 14.6. The summed E-state index contributed by atoms with van der Waals surface area (Å²) in [4.78, 5) is 24.7. The molecule has 0 aliphatic carbocycles. The standard InChI is InChI=1S/C14H20N2O3/c1-9(2)10(3)16(4)14(19)15-12-8-6-5-7-11(12)13(17)18/h5-10H,1-4H3,(H,15,19)(H,17,18). The summed E-state index contributed by atoms with van der Waals surface area (Å²) >= 11 is 0. The van der Waals surface area contributed by atoms with Gasteiger partial charge in [0, 0.05) is 13.1 Å². The van der Waals surface area contributed by atoms with Crippen LogP contribution in [-0.4, -0.2) is 35.1 Å². The van der Waals surface area contributed by atoms with Crippen LogP contribution in [-0.2, 0) is 0 Å². The molecule has 0 aliphatic rings. The third-order valence-electron chi connectivity index (χ3n) is 3.30. The van der Waals surface area contributed by atoms with Gasteiger partial charge in [0.05, 0.1) is 11.3 Å². The van der Waals surface area contributed by atoms with Gasteiger partial charge in [-0.2, -0.15) is 0 Å². The van der Waals surface area contributed by atoms with Crippen molar-refractivity contribution in [2.75, 3.05) is 12.4 Å². The molecule has 1 rings (SSSR count). The second-order valence-electron chi connectivity index (χ2n) is 4.88. The zero-order valence-electron chi connectivity index (χ0n) is 11.7. The maximum atomic E-state index is 12.1. The van der Waals surface area contributed by atoms with Crippen LogP contribution in [0, 0.1) is 5.92 Å². The minimum Gasteiger partial charge on any atom is -0.478 e. The van der Waals surface area contributed by atoms with Crippen molar-refractivity contribution < 1.29 is 14.7 Å². The number of benzene rings is 1. The lowest BCUT2D eigenvalue weighted by molar-refractivity contribution is 0.0698. The number of rotatable bonds is 4. The second kappa shape index (κ2) is 6.22. The number of carbonyl (C=O) groups is 2. The maximum absolute atomic E-state index is 12.1. The summed E-state index contributed by atoms with van der Waals surface area (Å²) in [5, 5.41) is 11.7. The summed E-state index contributed by atoms with van der Waals surface area (Å²) in [7, 11) is 1.70. The molecule has 0 radical (unpaired) electrons. The van der Waals surface area contributed by atoms with E-state index in [0.717, 1.165) is 0 Å². The molecule has 0 spiro atoms. The van der Waals surface area contributed by atoms with Crippen molar-refractivity contribution in [3.8, 4) is 0 Å². The van der Waals surface area contributed by atoms with Crippen LogP contribution in [0.1, 0.15) is 31.1 Å². The van der Waals surface area contributed by atoms with Crippen LogP contribution in [0.3, 0.4) is 0 Å². The highest BCUT2D eigenvalue weighted by Crippen LogP contribution is 2.16. The predicted molar refractivity (Wildman–Crippen MR) is 74.5 cm³/mol. The molecule has 19 heavy (non-hydrogen) atoms. The number of para-hydroxylation sites is 1. The molecule has 0 saturated carbocycles.